The average molecular weight is 588 g/mol. The fraction of sp³-hybridized carbons (Fsp3) is 0.933. The van der Waals surface area contributed by atoms with E-state index < -0.39 is 26.7 Å². The summed E-state index contributed by atoms with van der Waals surface area (Å²) >= 11 is -2.27. The fourth-order valence-corrected chi connectivity index (χ4v) is 20.5. The number of hydrogen-bond donors (Lipinski definition) is 0. The van der Waals surface area contributed by atoms with Gasteiger partial charge >= 0.3 is 217 Å². The van der Waals surface area contributed by atoms with Gasteiger partial charge in [-0.15, -0.1) is 0 Å². The molecule has 3 heteroatoms. The first-order chi connectivity index (χ1) is 15.7. The van der Waals surface area contributed by atoms with Gasteiger partial charge in [-0.3, -0.25) is 0 Å². The monoisotopic (exact) mass is 588 g/mol. The molecule has 1 nitrogen and oxygen atoms in total. The number of rotatable bonds is 23. The Labute approximate surface area is 216 Å². The summed E-state index contributed by atoms with van der Waals surface area (Å²) in [7, 11) is -1.55. The van der Waals surface area contributed by atoms with Crippen LogP contribution in [0.4, 0.5) is 0 Å². The Morgan fingerprint density at radius 3 is 1.42 bits per heavy atom. The van der Waals surface area contributed by atoms with E-state index in [9.17, 15) is 0 Å². The molecule has 0 amide bonds. The van der Waals surface area contributed by atoms with Crippen LogP contribution in [0.1, 0.15) is 137 Å². The van der Waals surface area contributed by atoms with Crippen LogP contribution in [0.25, 0.3) is 0 Å². The summed E-state index contributed by atoms with van der Waals surface area (Å²) in [6, 6.07) is 0. The Morgan fingerprint density at radius 2 is 1.06 bits per heavy atom. The van der Waals surface area contributed by atoms with E-state index in [-0.39, 0.29) is 5.60 Å². The normalized spacial score (nSPS) is 14.8. The Morgan fingerprint density at radius 1 is 0.636 bits per heavy atom. The molecule has 0 rings (SSSR count). The van der Waals surface area contributed by atoms with Gasteiger partial charge in [0.25, 0.3) is 0 Å². The van der Waals surface area contributed by atoms with Crippen LogP contribution in [-0.2, 0) is 4.43 Å². The van der Waals surface area contributed by atoms with Gasteiger partial charge in [-0.2, -0.15) is 0 Å². The molecule has 0 spiro atoms. The Bertz CT molecular complexity index is 439. The predicted octanol–water partition coefficient (Wildman–Crippen LogP) is 11.5. The molecule has 198 valence electrons. The first kappa shape index (κ1) is 33.7. The molecule has 33 heavy (non-hydrogen) atoms. The zero-order chi connectivity index (χ0) is 25.1. The molecule has 0 aromatic heterocycles. The number of hydrogen-bond acceptors (Lipinski definition) is 1. The molecule has 0 aliphatic carbocycles. The van der Waals surface area contributed by atoms with Crippen molar-refractivity contribution in [2.45, 2.75) is 176 Å². The summed E-state index contributed by atoms with van der Waals surface area (Å²) in [6.07, 6.45) is 24.8. The van der Waals surface area contributed by atoms with Gasteiger partial charge in [-0.25, -0.2) is 0 Å². The van der Waals surface area contributed by atoms with Crippen molar-refractivity contribution in [3.8, 4) is 0 Å². The molecule has 0 saturated heterocycles. The minimum atomic E-state index is -2.27. The van der Waals surface area contributed by atoms with Crippen LogP contribution in [0.2, 0.25) is 33.0 Å². The van der Waals surface area contributed by atoms with E-state index in [2.05, 4.69) is 64.4 Å². The molecule has 0 saturated carbocycles. The van der Waals surface area contributed by atoms with Gasteiger partial charge in [0.1, 0.15) is 0 Å². The van der Waals surface area contributed by atoms with Gasteiger partial charge in [0.15, 0.2) is 0 Å². The van der Waals surface area contributed by atoms with E-state index in [1.54, 1.807) is 13.3 Å². The maximum absolute atomic E-state index is 6.79. The topological polar surface area (TPSA) is 9.23 Å². The van der Waals surface area contributed by atoms with Crippen LogP contribution in [0.15, 0.2) is 10.2 Å². The first-order valence-electron chi connectivity index (χ1n) is 15.0. The SMILES string of the molecule is CCCCC[CH2][Sn](/[CH]=C/CC(C)(CCCC)O[Si](C)(C)C)([CH2]CCCCC)[CH2]CCCCC. The maximum atomic E-state index is 6.79. The second-order valence-corrected chi connectivity index (χ2v) is 29.6. The van der Waals surface area contributed by atoms with Gasteiger partial charge in [-0.1, -0.05) is 0 Å². The van der Waals surface area contributed by atoms with Crippen LogP contribution < -0.4 is 0 Å². The van der Waals surface area contributed by atoms with Crippen molar-refractivity contribution in [1.29, 1.82) is 0 Å². The Hall–Kier alpha value is 0.716. The minimum absolute atomic E-state index is 0.0429. The van der Waals surface area contributed by atoms with Crippen LogP contribution in [0.5, 0.6) is 0 Å². The summed E-state index contributed by atoms with van der Waals surface area (Å²) in [6.45, 7) is 18.9. The van der Waals surface area contributed by atoms with Gasteiger partial charge in [0, 0.05) is 0 Å². The summed E-state index contributed by atoms with van der Waals surface area (Å²) in [5.41, 5.74) is 0.0429. The van der Waals surface area contributed by atoms with Crippen LogP contribution in [0.3, 0.4) is 0 Å². The molecule has 0 bridgehead atoms. The zero-order valence-corrected chi connectivity index (χ0v) is 28.4. The molecule has 0 aromatic carbocycles. The fourth-order valence-electron chi connectivity index (χ4n) is 5.38. The van der Waals surface area contributed by atoms with Gasteiger partial charge in [0.05, 0.1) is 0 Å². The van der Waals surface area contributed by atoms with Crippen molar-refractivity contribution in [2.75, 3.05) is 0 Å². The second-order valence-electron chi connectivity index (χ2n) is 12.2. The molecular formula is C30H64OSiSn. The van der Waals surface area contributed by atoms with Crippen molar-refractivity contribution in [3.05, 3.63) is 10.2 Å². The summed E-state index contributed by atoms with van der Waals surface area (Å²) < 4.78 is 14.5. The Kier molecular flexibility index (Phi) is 20.3. The molecule has 0 aliphatic rings. The standard InChI is InChI=1S/C12H25OSi.3C6H13.Sn/c1-7-9-11-12(3,10-8-2)13-14(4,5)6;3*1-3-5-6-4-2;/h2,8H,7,9-11H2,1,3-6H3;3*1,3-6H2,2H3;. The van der Waals surface area contributed by atoms with Crippen LogP contribution in [-0.4, -0.2) is 32.3 Å². The van der Waals surface area contributed by atoms with E-state index >= 15 is 0 Å². The molecule has 0 aromatic rings. The Balaban J connectivity index is 5.52. The first-order valence-corrected chi connectivity index (χ1v) is 26.1. The van der Waals surface area contributed by atoms with Crippen LogP contribution in [0, 0.1) is 0 Å². The molecule has 0 aliphatic heterocycles. The molecule has 0 radical (unpaired) electrons. The van der Waals surface area contributed by atoms with Crippen molar-refractivity contribution < 1.29 is 4.43 Å². The summed E-state index contributed by atoms with van der Waals surface area (Å²) in [5.74, 6) is 0. The molecule has 0 fully saturated rings. The third-order valence-corrected chi connectivity index (χ3v) is 22.6. The third kappa shape index (κ3) is 18.6. The van der Waals surface area contributed by atoms with E-state index in [1.807, 2.05) is 0 Å². The van der Waals surface area contributed by atoms with E-state index in [0.29, 0.717) is 0 Å². The quantitative estimate of drug-likeness (QED) is 0.0854. The van der Waals surface area contributed by atoms with Crippen LogP contribution >= 0.6 is 0 Å². The summed E-state index contributed by atoms with van der Waals surface area (Å²) in [4.78, 5) is 0. The van der Waals surface area contributed by atoms with Crippen molar-refractivity contribution >= 4 is 26.7 Å². The molecule has 1 atom stereocenters. The molecule has 0 N–H and O–H groups in total. The van der Waals surface area contributed by atoms with Gasteiger partial charge in [-0.05, 0) is 0 Å². The van der Waals surface area contributed by atoms with Crippen molar-refractivity contribution in [3.63, 3.8) is 0 Å². The number of unbranched alkanes of at least 4 members (excludes halogenated alkanes) is 10. The van der Waals surface area contributed by atoms with Crippen molar-refractivity contribution in [2.24, 2.45) is 0 Å². The predicted molar refractivity (Wildman–Crippen MR) is 159 cm³/mol. The van der Waals surface area contributed by atoms with E-state index in [0.717, 1.165) is 6.42 Å². The van der Waals surface area contributed by atoms with E-state index in [1.165, 1.54) is 96.3 Å². The zero-order valence-electron chi connectivity index (χ0n) is 24.5. The third-order valence-electron chi connectivity index (χ3n) is 7.22. The molecule has 0 heterocycles. The van der Waals surface area contributed by atoms with E-state index in [4.69, 9.17) is 4.43 Å². The molecular weight excluding hydrogens is 523 g/mol. The van der Waals surface area contributed by atoms with Gasteiger partial charge < -0.3 is 0 Å². The summed E-state index contributed by atoms with van der Waals surface area (Å²) in [5, 5.41) is 0. The second kappa shape index (κ2) is 19.9. The van der Waals surface area contributed by atoms with Crippen molar-refractivity contribution in [1.82, 2.24) is 0 Å². The van der Waals surface area contributed by atoms with Gasteiger partial charge in [0.2, 0.25) is 0 Å². The molecule has 1 unspecified atom stereocenters. The average Bonchev–Trinajstić information content (AvgIpc) is 2.74.